The van der Waals surface area contributed by atoms with Gasteiger partial charge in [0.15, 0.2) is 5.90 Å². The van der Waals surface area contributed by atoms with Crippen LogP contribution >= 0.6 is 0 Å². The minimum absolute atomic E-state index is 0.0967. The molecule has 0 spiro atoms. The molecule has 0 saturated heterocycles. The first-order chi connectivity index (χ1) is 5.61. The Morgan fingerprint density at radius 3 is 2.42 bits per heavy atom. The van der Waals surface area contributed by atoms with E-state index in [2.05, 4.69) is 9.73 Å². The molecule has 0 bridgehead atoms. The number of hydrogen-bond acceptors (Lipinski definition) is 3. The maximum absolute atomic E-state index is 10.8. The van der Waals surface area contributed by atoms with Crippen LogP contribution in [0.3, 0.4) is 0 Å². The van der Waals surface area contributed by atoms with Crippen LogP contribution in [0.15, 0.2) is 4.99 Å². The maximum atomic E-state index is 10.8. The molecule has 0 aromatic rings. The monoisotopic (exact) mass is 173 g/mol. The Kier molecular flexibility index (Phi) is 5.08. The van der Waals surface area contributed by atoms with Crippen LogP contribution in [0.1, 0.15) is 20.8 Å². The van der Waals surface area contributed by atoms with Crippen LogP contribution in [0.4, 0.5) is 4.79 Å². The van der Waals surface area contributed by atoms with Crippen LogP contribution in [0.5, 0.6) is 0 Å². The molecular weight excluding hydrogens is 158 g/mol. The molecule has 0 aliphatic carbocycles. The Bertz CT molecular complexity index is 175. The number of hydrogen-bond donors (Lipinski definition) is 0. The minimum atomic E-state index is -0.594. The highest BCUT2D eigenvalue weighted by atomic mass is 16.6. The van der Waals surface area contributed by atoms with E-state index in [9.17, 15) is 4.79 Å². The Hall–Kier alpha value is -1.06. The largest absolute Gasteiger partial charge is 0.484 e. The molecule has 70 valence electrons. The number of carbonyl (C=O) groups excluding carboxylic acids is 1. The molecule has 0 atom stereocenters. The zero-order valence-electron chi connectivity index (χ0n) is 7.96. The summed E-state index contributed by atoms with van der Waals surface area (Å²) in [5.74, 6) is 0.493. The van der Waals surface area contributed by atoms with Gasteiger partial charge in [-0.25, -0.2) is 4.79 Å². The second kappa shape index (κ2) is 5.57. The van der Waals surface area contributed by atoms with Crippen LogP contribution in [-0.4, -0.2) is 25.7 Å². The molecule has 12 heavy (non-hydrogen) atoms. The summed E-state index contributed by atoms with van der Waals surface area (Å²) in [5.41, 5.74) is 0. The van der Waals surface area contributed by atoms with E-state index in [1.165, 1.54) is 7.11 Å². The van der Waals surface area contributed by atoms with Gasteiger partial charge in [-0.05, 0) is 6.92 Å². The lowest BCUT2D eigenvalue weighted by Gasteiger charge is -2.06. The van der Waals surface area contributed by atoms with E-state index >= 15 is 0 Å². The van der Waals surface area contributed by atoms with Crippen molar-refractivity contribution in [3.05, 3.63) is 0 Å². The van der Waals surface area contributed by atoms with E-state index in [0.29, 0.717) is 12.5 Å². The Morgan fingerprint density at radius 1 is 1.50 bits per heavy atom. The topological polar surface area (TPSA) is 47.9 Å². The fourth-order valence-corrected chi connectivity index (χ4v) is 0.656. The number of amides is 1. The molecule has 4 nitrogen and oxygen atoms in total. The number of carbonyl (C=O) groups is 1. The summed E-state index contributed by atoms with van der Waals surface area (Å²) in [4.78, 5) is 14.4. The molecule has 0 aliphatic rings. The number of methoxy groups -OCH3 is 1. The Balaban J connectivity index is 4.18. The summed E-state index contributed by atoms with van der Waals surface area (Å²) in [6.45, 7) is 5.84. The van der Waals surface area contributed by atoms with Gasteiger partial charge in [0.2, 0.25) is 0 Å². The van der Waals surface area contributed by atoms with E-state index in [1.807, 2.05) is 13.8 Å². The van der Waals surface area contributed by atoms with Crippen molar-refractivity contribution in [2.45, 2.75) is 20.8 Å². The van der Waals surface area contributed by atoms with E-state index in [0.717, 1.165) is 0 Å². The third kappa shape index (κ3) is 3.95. The standard InChI is InChI=1S/C8H15NO3/c1-5-12-8(10)9-7(11-4)6(2)3/h6H,5H2,1-4H3. The number of nitrogens with zero attached hydrogens (tertiary/aromatic N) is 1. The quantitative estimate of drug-likeness (QED) is 0.473. The smallest absolute Gasteiger partial charge is 0.436 e. The highest BCUT2D eigenvalue weighted by Gasteiger charge is 2.07. The molecule has 0 aliphatic heterocycles. The third-order valence-corrected chi connectivity index (χ3v) is 1.17. The molecule has 0 saturated carbocycles. The summed E-state index contributed by atoms with van der Waals surface area (Å²) >= 11 is 0. The van der Waals surface area contributed by atoms with E-state index in [1.54, 1.807) is 6.92 Å². The first-order valence-corrected chi connectivity index (χ1v) is 3.91. The fraction of sp³-hybridized carbons (Fsp3) is 0.750. The van der Waals surface area contributed by atoms with Gasteiger partial charge in [-0.2, -0.15) is 0 Å². The molecule has 0 N–H and O–H groups in total. The van der Waals surface area contributed by atoms with Crippen molar-refractivity contribution in [3.63, 3.8) is 0 Å². The van der Waals surface area contributed by atoms with Gasteiger partial charge in [0.05, 0.1) is 13.7 Å². The van der Waals surface area contributed by atoms with Gasteiger partial charge in [0.1, 0.15) is 0 Å². The normalized spacial score (nSPS) is 11.6. The van der Waals surface area contributed by atoms with Crippen molar-refractivity contribution < 1.29 is 14.3 Å². The second-order valence-electron chi connectivity index (χ2n) is 2.51. The summed E-state index contributed by atoms with van der Waals surface area (Å²) in [6, 6.07) is 0. The minimum Gasteiger partial charge on any atom is -0.484 e. The van der Waals surface area contributed by atoms with Crippen molar-refractivity contribution in [2.24, 2.45) is 10.9 Å². The van der Waals surface area contributed by atoms with Crippen molar-refractivity contribution in [2.75, 3.05) is 13.7 Å². The highest BCUT2D eigenvalue weighted by molar-refractivity contribution is 5.88. The predicted molar refractivity (Wildman–Crippen MR) is 46.3 cm³/mol. The molecule has 0 aromatic carbocycles. The first-order valence-electron chi connectivity index (χ1n) is 3.91. The molecule has 1 amide bonds. The lowest BCUT2D eigenvalue weighted by molar-refractivity contribution is 0.162. The van der Waals surface area contributed by atoms with Crippen molar-refractivity contribution in [3.8, 4) is 0 Å². The third-order valence-electron chi connectivity index (χ3n) is 1.17. The fourth-order valence-electron chi connectivity index (χ4n) is 0.656. The van der Waals surface area contributed by atoms with E-state index < -0.39 is 6.09 Å². The van der Waals surface area contributed by atoms with Crippen LogP contribution in [0.2, 0.25) is 0 Å². The summed E-state index contributed by atoms with van der Waals surface area (Å²) in [6.07, 6.45) is -0.594. The van der Waals surface area contributed by atoms with Gasteiger partial charge in [-0.15, -0.1) is 4.99 Å². The Morgan fingerprint density at radius 2 is 2.08 bits per heavy atom. The molecule has 0 heterocycles. The summed E-state index contributed by atoms with van der Waals surface area (Å²) < 4.78 is 9.50. The van der Waals surface area contributed by atoms with Crippen LogP contribution in [0, 0.1) is 5.92 Å². The van der Waals surface area contributed by atoms with E-state index in [-0.39, 0.29) is 5.92 Å². The number of ether oxygens (including phenoxy) is 2. The lowest BCUT2D eigenvalue weighted by Crippen LogP contribution is -2.13. The second-order valence-corrected chi connectivity index (χ2v) is 2.51. The average molecular weight is 173 g/mol. The molecule has 0 rings (SSSR count). The molecule has 4 heteroatoms. The lowest BCUT2D eigenvalue weighted by atomic mass is 10.2. The predicted octanol–water partition coefficient (Wildman–Crippen LogP) is 1.84. The molecule has 0 aromatic heterocycles. The van der Waals surface area contributed by atoms with Gasteiger partial charge in [-0.1, -0.05) is 13.8 Å². The highest BCUT2D eigenvalue weighted by Crippen LogP contribution is 1.99. The maximum Gasteiger partial charge on any atom is 0.436 e. The van der Waals surface area contributed by atoms with Gasteiger partial charge in [0, 0.05) is 5.92 Å². The van der Waals surface area contributed by atoms with Gasteiger partial charge in [-0.3, -0.25) is 0 Å². The van der Waals surface area contributed by atoms with Crippen LogP contribution < -0.4 is 0 Å². The van der Waals surface area contributed by atoms with Gasteiger partial charge >= 0.3 is 6.09 Å². The molecule has 0 radical (unpaired) electrons. The molecule has 0 fully saturated rings. The van der Waals surface area contributed by atoms with Gasteiger partial charge in [0.25, 0.3) is 0 Å². The van der Waals surface area contributed by atoms with Crippen LogP contribution in [0.25, 0.3) is 0 Å². The first kappa shape index (κ1) is 10.9. The Labute approximate surface area is 72.6 Å². The molecular formula is C8H15NO3. The number of aliphatic imine (C=N–C) groups is 1. The van der Waals surface area contributed by atoms with Gasteiger partial charge < -0.3 is 9.47 Å². The summed E-state index contributed by atoms with van der Waals surface area (Å²) in [5, 5.41) is 0. The zero-order valence-corrected chi connectivity index (χ0v) is 7.96. The zero-order chi connectivity index (χ0) is 9.56. The van der Waals surface area contributed by atoms with Crippen molar-refractivity contribution in [1.29, 1.82) is 0 Å². The van der Waals surface area contributed by atoms with Crippen molar-refractivity contribution >= 4 is 12.0 Å². The summed E-state index contributed by atoms with van der Waals surface area (Å²) in [7, 11) is 1.48. The SMILES string of the molecule is CCOC(=O)N=C(OC)C(C)C. The number of rotatable bonds is 2. The van der Waals surface area contributed by atoms with Crippen molar-refractivity contribution in [1.82, 2.24) is 0 Å². The molecule has 0 unspecified atom stereocenters. The average Bonchev–Trinajstić information content (AvgIpc) is 2.00. The van der Waals surface area contributed by atoms with Crippen LogP contribution in [-0.2, 0) is 9.47 Å². The van der Waals surface area contributed by atoms with E-state index in [4.69, 9.17) is 4.74 Å².